The summed E-state index contributed by atoms with van der Waals surface area (Å²) in [5.74, 6) is -0.952. The Hall–Kier alpha value is -0.870. The van der Waals surface area contributed by atoms with Crippen molar-refractivity contribution in [1.82, 2.24) is 4.90 Å². The molecular formula is C10H17NO3. The van der Waals surface area contributed by atoms with Crippen LogP contribution in [0.4, 0.5) is 0 Å². The molecule has 1 aliphatic rings. The van der Waals surface area contributed by atoms with E-state index in [-0.39, 0.29) is 12.2 Å². The highest BCUT2D eigenvalue weighted by Gasteiger charge is 2.25. The van der Waals surface area contributed by atoms with Gasteiger partial charge in [0, 0.05) is 24.7 Å². The molecule has 1 saturated carbocycles. The lowest BCUT2D eigenvalue weighted by Gasteiger charge is -2.37. The van der Waals surface area contributed by atoms with Gasteiger partial charge in [-0.3, -0.25) is 4.90 Å². The van der Waals surface area contributed by atoms with Crippen molar-refractivity contribution in [2.45, 2.75) is 25.3 Å². The van der Waals surface area contributed by atoms with Gasteiger partial charge >= 0.3 is 5.97 Å². The SMILES string of the molecule is C=C(CN(CCO)C1CCC1)C(=O)O. The van der Waals surface area contributed by atoms with Crippen LogP contribution in [0.25, 0.3) is 0 Å². The van der Waals surface area contributed by atoms with Gasteiger partial charge in [-0.15, -0.1) is 0 Å². The smallest absolute Gasteiger partial charge is 0.332 e. The number of carboxylic acids is 1. The van der Waals surface area contributed by atoms with Gasteiger partial charge in [0.1, 0.15) is 0 Å². The minimum atomic E-state index is -0.952. The lowest BCUT2D eigenvalue weighted by molar-refractivity contribution is -0.133. The van der Waals surface area contributed by atoms with Crippen molar-refractivity contribution in [3.8, 4) is 0 Å². The molecule has 1 rings (SSSR count). The molecular weight excluding hydrogens is 182 g/mol. The van der Waals surface area contributed by atoms with E-state index in [0.717, 1.165) is 12.8 Å². The van der Waals surface area contributed by atoms with Crippen LogP contribution in [0.3, 0.4) is 0 Å². The molecule has 2 N–H and O–H groups in total. The van der Waals surface area contributed by atoms with E-state index in [4.69, 9.17) is 10.2 Å². The van der Waals surface area contributed by atoms with Crippen molar-refractivity contribution in [3.63, 3.8) is 0 Å². The number of aliphatic carboxylic acids is 1. The number of aliphatic hydroxyl groups excluding tert-OH is 1. The Morgan fingerprint density at radius 1 is 1.50 bits per heavy atom. The lowest BCUT2D eigenvalue weighted by Crippen LogP contribution is -2.43. The van der Waals surface area contributed by atoms with Crippen molar-refractivity contribution in [2.24, 2.45) is 0 Å². The maximum Gasteiger partial charge on any atom is 0.332 e. The van der Waals surface area contributed by atoms with Crippen molar-refractivity contribution >= 4 is 5.97 Å². The van der Waals surface area contributed by atoms with E-state index in [9.17, 15) is 4.79 Å². The number of hydrogen-bond acceptors (Lipinski definition) is 3. The van der Waals surface area contributed by atoms with Gasteiger partial charge in [0.05, 0.1) is 6.61 Å². The quantitative estimate of drug-likeness (QED) is 0.611. The standard InChI is InChI=1S/C10H17NO3/c1-8(10(13)14)7-11(5-6-12)9-3-2-4-9/h9,12H,1-7H2,(H,13,14). The normalized spacial score (nSPS) is 16.7. The van der Waals surface area contributed by atoms with Crippen LogP contribution in [0.2, 0.25) is 0 Å². The molecule has 0 aromatic heterocycles. The molecule has 0 aromatic carbocycles. The summed E-state index contributed by atoms with van der Waals surface area (Å²) in [5, 5.41) is 17.5. The zero-order chi connectivity index (χ0) is 10.6. The first-order valence-electron chi connectivity index (χ1n) is 4.91. The monoisotopic (exact) mass is 199 g/mol. The topological polar surface area (TPSA) is 60.8 Å². The van der Waals surface area contributed by atoms with Gasteiger partial charge in [-0.25, -0.2) is 4.79 Å². The van der Waals surface area contributed by atoms with Crippen molar-refractivity contribution in [1.29, 1.82) is 0 Å². The summed E-state index contributed by atoms with van der Waals surface area (Å²) in [6.45, 7) is 4.47. The minimum absolute atomic E-state index is 0.0728. The molecule has 4 nitrogen and oxygen atoms in total. The second kappa shape index (κ2) is 5.12. The predicted molar refractivity (Wildman–Crippen MR) is 53.1 cm³/mol. The highest BCUT2D eigenvalue weighted by molar-refractivity contribution is 5.86. The molecule has 0 atom stereocenters. The van der Waals surface area contributed by atoms with Gasteiger partial charge in [0.15, 0.2) is 0 Å². The van der Waals surface area contributed by atoms with Crippen LogP contribution in [-0.2, 0) is 4.79 Å². The van der Waals surface area contributed by atoms with E-state index < -0.39 is 5.97 Å². The molecule has 0 unspecified atom stereocenters. The van der Waals surface area contributed by atoms with E-state index in [0.29, 0.717) is 19.1 Å². The Morgan fingerprint density at radius 3 is 2.50 bits per heavy atom. The predicted octanol–water partition coefficient (Wildman–Crippen LogP) is 0.474. The molecule has 1 aliphatic carbocycles. The molecule has 0 aromatic rings. The third-order valence-electron chi connectivity index (χ3n) is 2.67. The van der Waals surface area contributed by atoms with Gasteiger partial charge < -0.3 is 10.2 Å². The van der Waals surface area contributed by atoms with Crippen LogP contribution in [0, 0.1) is 0 Å². The Kier molecular flexibility index (Phi) is 4.10. The van der Waals surface area contributed by atoms with Crippen molar-refractivity contribution in [3.05, 3.63) is 12.2 Å². The van der Waals surface area contributed by atoms with E-state index in [1.54, 1.807) is 0 Å². The van der Waals surface area contributed by atoms with E-state index in [1.807, 2.05) is 4.90 Å². The summed E-state index contributed by atoms with van der Waals surface area (Å²) in [6, 6.07) is 0.443. The largest absolute Gasteiger partial charge is 0.478 e. The van der Waals surface area contributed by atoms with Gasteiger partial charge in [0.2, 0.25) is 0 Å². The van der Waals surface area contributed by atoms with Crippen LogP contribution in [0.1, 0.15) is 19.3 Å². The van der Waals surface area contributed by atoms with E-state index in [1.165, 1.54) is 6.42 Å². The van der Waals surface area contributed by atoms with Gasteiger partial charge in [-0.2, -0.15) is 0 Å². The summed E-state index contributed by atoms with van der Waals surface area (Å²) >= 11 is 0. The van der Waals surface area contributed by atoms with Crippen LogP contribution in [-0.4, -0.2) is 46.8 Å². The first-order chi connectivity index (χ1) is 6.65. The van der Waals surface area contributed by atoms with Gasteiger partial charge in [0.25, 0.3) is 0 Å². The fraction of sp³-hybridized carbons (Fsp3) is 0.700. The van der Waals surface area contributed by atoms with E-state index in [2.05, 4.69) is 6.58 Å². The number of carboxylic acid groups (broad SMARTS) is 1. The molecule has 0 heterocycles. The summed E-state index contributed by atoms with van der Waals surface area (Å²) in [4.78, 5) is 12.6. The Morgan fingerprint density at radius 2 is 2.14 bits per heavy atom. The maximum absolute atomic E-state index is 10.6. The first-order valence-corrected chi connectivity index (χ1v) is 4.91. The summed E-state index contributed by atoms with van der Waals surface area (Å²) in [7, 11) is 0. The van der Waals surface area contributed by atoms with Gasteiger partial charge in [-0.05, 0) is 12.8 Å². The molecule has 0 radical (unpaired) electrons. The third-order valence-corrected chi connectivity index (χ3v) is 2.67. The lowest BCUT2D eigenvalue weighted by atomic mass is 9.91. The second-order valence-electron chi connectivity index (χ2n) is 3.69. The highest BCUT2D eigenvalue weighted by Crippen LogP contribution is 2.24. The fourth-order valence-corrected chi connectivity index (χ4v) is 1.58. The van der Waals surface area contributed by atoms with E-state index >= 15 is 0 Å². The van der Waals surface area contributed by atoms with Crippen LogP contribution in [0.5, 0.6) is 0 Å². The molecule has 0 saturated heterocycles. The molecule has 0 bridgehead atoms. The zero-order valence-electron chi connectivity index (χ0n) is 8.28. The molecule has 80 valence electrons. The average Bonchev–Trinajstić information content (AvgIpc) is 2.01. The molecule has 0 aliphatic heterocycles. The minimum Gasteiger partial charge on any atom is -0.478 e. The van der Waals surface area contributed by atoms with Crippen molar-refractivity contribution < 1.29 is 15.0 Å². The highest BCUT2D eigenvalue weighted by atomic mass is 16.4. The molecule has 14 heavy (non-hydrogen) atoms. The zero-order valence-corrected chi connectivity index (χ0v) is 8.28. The third kappa shape index (κ3) is 2.82. The molecule has 0 spiro atoms. The maximum atomic E-state index is 10.6. The van der Waals surface area contributed by atoms with Crippen LogP contribution < -0.4 is 0 Å². The number of aliphatic hydroxyl groups is 1. The van der Waals surface area contributed by atoms with Crippen molar-refractivity contribution in [2.75, 3.05) is 19.7 Å². The Bertz CT molecular complexity index is 223. The molecule has 4 heteroatoms. The molecule has 0 amide bonds. The molecule has 1 fully saturated rings. The Balaban J connectivity index is 2.41. The average molecular weight is 199 g/mol. The number of nitrogens with zero attached hydrogens (tertiary/aromatic N) is 1. The second-order valence-corrected chi connectivity index (χ2v) is 3.69. The Labute approximate surface area is 83.8 Å². The summed E-state index contributed by atoms with van der Waals surface area (Å²) in [6.07, 6.45) is 3.41. The summed E-state index contributed by atoms with van der Waals surface area (Å²) < 4.78 is 0. The van der Waals surface area contributed by atoms with Crippen LogP contribution >= 0.6 is 0 Å². The number of rotatable bonds is 6. The van der Waals surface area contributed by atoms with Gasteiger partial charge in [-0.1, -0.05) is 13.0 Å². The first kappa shape index (κ1) is 11.2. The fourth-order valence-electron chi connectivity index (χ4n) is 1.58. The summed E-state index contributed by atoms with van der Waals surface area (Å²) in [5.41, 5.74) is 0.199. The number of hydrogen-bond donors (Lipinski definition) is 2. The van der Waals surface area contributed by atoms with Crippen LogP contribution in [0.15, 0.2) is 12.2 Å². The number of carbonyl (C=O) groups is 1.